The van der Waals surface area contributed by atoms with Gasteiger partial charge in [0.05, 0.1) is 6.54 Å². The van der Waals surface area contributed by atoms with Crippen molar-refractivity contribution in [3.05, 3.63) is 29.8 Å². The van der Waals surface area contributed by atoms with Gasteiger partial charge in [0, 0.05) is 17.8 Å². The lowest BCUT2D eigenvalue weighted by Crippen LogP contribution is -2.53. The van der Waals surface area contributed by atoms with Crippen molar-refractivity contribution >= 4 is 22.1 Å². The van der Waals surface area contributed by atoms with E-state index in [4.69, 9.17) is 22.3 Å². The summed E-state index contributed by atoms with van der Waals surface area (Å²) in [6.45, 7) is 2.85. The van der Waals surface area contributed by atoms with Crippen molar-refractivity contribution in [2.45, 2.75) is 24.9 Å². The average molecular weight is 454 g/mol. The molecule has 0 saturated carbocycles. The highest BCUT2D eigenvalue weighted by Gasteiger charge is 2.71. The SMILES string of the molecule is CCN(C1=NCCO1)c1ccc(C(O)(C(F)(F)F)C(F)(F)F)cc1.O=S(=O)(O)O. The maximum absolute atomic E-state index is 12.8. The van der Waals surface area contributed by atoms with Gasteiger partial charge in [-0.05, 0) is 19.1 Å². The second kappa shape index (κ2) is 8.73. The molecule has 1 aromatic rings. The first kappa shape index (κ1) is 24.9. The van der Waals surface area contributed by atoms with Crippen LogP contribution in [0.4, 0.5) is 32.0 Å². The molecule has 2 rings (SSSR count). The molecular formula is C14H16F6N2O6S. The Balaban J connectivity index is 0.000000749. The number of nitrogens with zero attached hydrogens (tertiary/aromatic N) is 2. The summed E-state index contributed by atoms with van der Waals surface area (Å²) in [5.74, 6) is 0. The van der Waals surface area contributed by atoms with Gasteiger partial charge in [0.15, 0.2) is 0 Å². The lowest BCUT2D eigenvalue weighted by Gasteiger charge is -2.33. The molecule has 1 aromatic carbocycles. The van der Waals surface area contributed by atoms with Crippen molar-refractivity contribution in [2.75, 3.05) is 24.6 Å². The first-order chi connectivity index (χ1) is 13.0. The van der Waals surface area contributed by atoms with E-state index in [2.05, 4.69) is 4.99 Å². The fraction of sp³-hybridized carbons (Fsp3) is 0.500. The summed E-state index contributed by atoms with van der Waals surface area (Å²) in [7, 11) is -4.67. The van der Waals surface area contributed by atoms with Gasteiger partial charge < -0.3 is 9.84 Å². The molecule has 0 aromatic heterocycles. The maximum Gasteiger partial charge on any atom is 0.430 e. The zero-order chi connectivity index (χ0) is 22.7. The highest BCUT2D eigenvalue weighted by atomic mass is 32.3. The van der Waals surface area contributed by atoms with Gasteiger partial charge in [0.2, 0.25) is 0 Å². The van der Waals surface area contributed by atoms with E-state index in [1.165, 1.54) is 4.90 Å². The Morgan fingerprint density at radius 3 is 1.83 bits per heavy atom. The van der Waals surface area contributed by atoms with Gasteiger partial charge in [0.1, 0.15) is 6.61 Å². The van der Waals surface area contributed by atoms with Crippen molar-refractivity contribution in [1.29, 1.82) is 0 Å². The summed E-state index contributed by atoms with van der Waals surface area (Å²) in [4.78, 5) is 5.54. The lowest BCUT2D eigenvalue weighted by molar-refractivity contribution is -0.376. The number of ether oxygens (including phenoxy) is 1. The second-order valence-electron chi connectivity index (χ2n) is 5.46. The number of hydrogen-bond donors (Lipinski definition) is 3. The van der Waals surface area contributed by atoms with Crippen LogP contribution in [0.1, 0.15) is 12.5 Å². The van der Waals surface area contributed by atoms with Gasteiger partial charge in [-0.15, -0.1) is 0 Å². The van der Waals surface area contributed by atoms with Crippen molar-refractivity contribution in [2.24, 2.45) is 4.99 Å². The molecule has 0 fully saturated rings. The van der Waals surface area contributed by atoms with Gasteiger partial charge in [-0.1, -0.05) is 12.1 Å². The fourth-order valence-corrected chi connectivity index (χ4v) is 2.29. The van der Waals surface area contributed by atoms with Crippen LogP contribution in [-0.2, 0) is 20.7 Å². The average Bonchev–Trinajstić information content (AvgIpc) is 3.06. The summed E-state index contributed by atoms with van der Waals surface area (Å²) >= 11 is 0. The largest absolute Gasteiger partial charge is 0.463 e. The minimum absolute atomic E-state index is 0.243. The molecule has 0 bridgehead atoms. The first-order valence-corrected chi connectivity index (χ1v) is 9.03. The van der Waals surface area contributed by atoms with E-state index in [9.17, 15) is 31.4 Å². The van der Waals surface area contributed by atoms with Crippen molar-refractivity contribution in [3.8, 4) is 0 Å². The number of amidine groups is 1. The zero-order valence-corrected chi connectivity index (χ0v) is 15.4. The number of rotatable bonds is 3. The molecule has 0 atom stereocenters. The normalized spacial score (nSPS) is 15.2. The molecule has 0 spiro atoms. The van der Waals surface area contributed by atoms with Crippen molar-refractivity contribution < 1.29 is 53.7 Å². The Kier molecular flexibility index (Phi) is 7.50. The van der Waals surface area contributed by atoms with E-state index < -0.39 is 33.9 Å². The highest BCUT2D eigenvalue weighted by Crippen LogP contribution is 2.50. The minimum atomic E-state index is -5.91. The molecule has 1 heterocycles. The Morgan fingerprint density at radius 1 is 1.07 bits per heavy atom. The van der Waals surface area contributed by atoms with Crippen LogP contribution in [0.3, 0.4) is 0 Å². The number of benzene rings is 1. The monoisotopic (exact) mass is 454 g/mol. The number of anilines is 1. The third-order valence-corrected chi connectivity index (χ3v) is 3.53. The smallest absolute Gasteiger partial charge is 0.430 e. The number of aliphatic hydroxyl groups is 1. The minimum Gasteiger partial charge on any atom is -0.463 e. The lowest BCUT2D eigenvalue weighted by atomic mass is 9.92. The molecule has 29 heavy (non-hydrogen) atoms. The van der Waals surface area contributed by atoms with Crippen LogP contribution in [-0.4, -0.2) is 60.7 Å². The van der Waals surface area contributed by atoms with Crippen LogP contribution in [0.5, 0.6) is 0 Å². The molecule has 3 N–H and O–H groups in total. The van der Waals surface area contributed by atoms with Gasteiger partial charge in [0.25, 0.3) is 11.6 Å². The van der Waals surface area contributed by atoms with E-state index >= 15 is 0 Å². The second-order valence-corrected chi connectivity index (χ2v) is 6.35. The van der Waals surface area contributed by atoms with E-state index in [1.807, 2.05) is 0 Å². The van der Waals surface area contributed by atoms with Gasteiger partial charge in [-0.3, -0.25) is 14.0 Å². The number of alkyl halides is 6. The van der Waals surface area contributed by atoms with Crippen LogP contribution in [0.2, 0.25) is 0 Å². The number of hydrogen-bond acceptors (Lipinski definition) is 6. The molecule has 8 nitrogen and oxygen atoms in total. The molecule has 0 amide bonds. The molecule has 166 valence electrons. The highest BCUT2D eigenvalue weighted by molar-refractivity contribution is 7.79. The third-order valence-electron chi connectivity index (χ3n) is 3.53. The predicted molar refractivity (Wildman–Crippen MR) is 87.9 cm³/mol. The molecule has 1 aliphatic rings. The van der Waals surface area contributed by atoms with Gasteiger partial charge in [-0.25, -0.2) is 4.99 Å². The maximum atomic E-state index is 12.8. The van der Waals surface area contributed by atoms with E-state index in [0.29, 0.717) is 37.5 Å². The van der Waals surface area contributed by atoms with E-state index in [-0.39, 0.29) is 6.02 Å². The van der Waals surface area contributed by atoms with Crippen LogP contribution < -0.4 is 4.90 Å². The Hall–Kier alpha value is -2.10. The molecule has 1 aliphatic heterocycles. The summed E-state index contributed by atoms with van der Waals surface area (Å²) < 4.78 is 114. The molecule has 0 radical (unpaired) electrons. The van der Waals surface area contributed by atoms with E-state index in [0.717, 1.165) is 12.1 Å². The molecule has 0 unspecified atom stereocenters. The van der Waals surface area contributed by atoms with Crippen LogP contribution in [0.15, 0.2) is 29.3 Å². The molecule has 0 saturated heterocycles. The predicted octanol–water partition coefficient (Wildman–Crippen LogP) is 2.56. The number of aliphatic imine (C=N–C) groups is 1. The quantitative estimate of drug-likeness (QED) is 0.474. The Morgan fingerprint density at radius 2 is 1.52 bits per heavy atom. The van der Waals surface area contributed by atoms with Gasteiger partial charge in [-0.2, -0.15) is 34.8 Å². The molecular weight excluding hydrogens is 438 g/mol. The molecule has 0 aliphatic carbocycles. The van der Waals surface area contributed by atoms with Gasteiger partial charge >= 0.3 is 22.8 Å². The van der Waals surface area contributed by atoms with Crippen LogP contribution in [0.25, 0.3) is 0 Å². The topological polar surface area (TPSA) is 120 Å². The van der Waals surface area contributed by atoms with Crippen LogP contribution >= 0.6 is 0 Å². The van der Waals surface area contributed by atoms with E-state index in [1.54, 1.807) is 6.92 Å². The number of halogens is 6. The first-order valence-electron chi connectivity index (χ1n) is 7.63. The Labute approximate surface area is 161 Å². The zero-order valence-electron chi connectivity index (χ0n) is 14.6. The summed E-state index contributed by atoms with van der Waals surface area (Å²) in [5.41, 5.74) is -5.94. The van der Waals surface area contributed by atoms with Crippen molar-refractivity contribution in [3.63, 3.8) is 0 Å². The molecule has 15 heteroatoms. The van der Waals surface area contributed by atoms with Crippen molar-refractivity contribution in [1.82, 2.24) is 0 Å². The summed E-state index contributed by atoms with van der Waals surface area (Å²) in [5, 5.41) is 9.34. The standard InChI is InChI=1S/C14H14F6N2O2.H2O4S/c1-2-22(11-21-7-8-24-11)10-5-3-9(4-6-10)12(23,13(15,16)17)14(18,19)20;1-5(2,3)4/h3-6,23H,2,7-8H2,1H3;(H2,1,2,3,4). The summed E-state index contributed by atoms with van der Waals surface area (Å²) in [6, 6.07) is 3.52. The Bertz CT molecular complexity index is 800. The van der Waals surface area contributed by atoms with Crippen LogP contribution in [0, 0.1) is 0 Å². The summed E-state index contributed by atoms with van der Waals surface area (Å²) in [6.07, 6.45) is -11.8. The third kappa shape index (κ3) is 6.19. The fourth-order valence-electron chi connectivity index (χ4n) is 2.29.